The summed E-state index contributed by atoms with van der Waals surface area (Å²) in [5, 5.41) is 0. The smallest absolute Gasteiger partial charge is 0.0580 e. The first-order chi connectivity index (χ1) is 8.15. The molecule has 2 aromatic rings. The summed E-state index contributed by atoms with van der Waals surface area (Å²) < 4.78 is 12.2. The Bertz CT molecular complexity index is 629. The number of aryl methyl sites for hydroxylation is 2. The third-order valence-corrected chi connectivity index (χ3v) is 4.62. The molecule has 0 N–H and O–H groups in total. The van der Waals surface area contributed by atoms with Crippen LogP contribution in [0.4, 0.5) is 0 Å². The van der Waals surface area contributed by atoms with Gasteiger partial charge in [-0.2, -0.15) is 0 Å². The van der Waals surface area contributed by atoms with Crippen LogP contribution in [0.3, 0.4) is 0 Å². The highest BCUT2D eigenvalue weighted by atomic mass is 32.2. The first kappa shape index (κ1) is 10.7. The van der Waals surface area contributed by atoms with Gasteiger partial charge in [-0.25, -0.2) is 0 Å². The van der Waals surface area contributed by atoms with Crippen molar-refractivity contribution in [2.24, 2.45) is 0 Å². The van der Waals surface area contributed by atoms with Crippen LogP contribution in [0, 0.1) is 13.8 Å². The maximum Gasteiger partial charge on any atom is 0.0580 e. The van der Waals surface area contributed by atoms with Gasteiger partial charge < -0.3 is 0 Å². The molecule has 0 spiro atoms. The Hall–Kier alpha value is -1.41. The highest BCUT2D eigenvalue weighted by Gasteiger charge is 2.21. The summed E-state index contributed by atoms with van der Waals surface area (Å²) in [4.78, 5) is 0.987. The topological polar surface area (TPSA) is 17.1 Å². The Balaban J connectivity index is 2.30. The average molecular weight is 242 g/mol. The number of benzene rings is 2. The molecule has 1 heterocycles. The van der Waals surface area contributed by atoms with Gasteiger partial charge in [-0.15, -0.1) is 0 Å². The first-order valence-corrected chi connectivity index (χ1v) is 7.06. The van der Waals surface area contributed by atoms with Crippen LogP contribution < -0.4 is 0 Å². The van der Waals surface area contributed by atoms with Gasteiger partial charge in [-0.3, -0.25) is 4.21 Å². The minimum Gasteiger partial charge on any atom is -0.254 e. The molecule has 0 amide bonds. The van der Waals surface area contributed by atoms with E-state index in [-0.39, 0.29) is 0 Å². The average Bonchev–Trinajstić information content (AvgIpc) is 2.29. The van der Waals surface area contributed by atoms with Crippen molar-refractivity contribution in [2.45, 2.75) is 24.5 Å². The van der Waals surface area contributed by atoms with Crippen LogP contribution in [-0.2, 0) is 16.6 Å². The second-order valence-corrected chi connectivity index (χ2v) is 6.07. The normalized spacial score (nSPS) is 17.4. The van der Waals surface area contributed by atoms with Crippen molar-refractivity contribution in [1.82, 2.24) is 0 Å². The third kappa shape index (κ3) is 1.73. The van der Waals surface area contributed by atoms with E-state index in [9.17, 15) is 4.21 Å². The third-order valence-electron chi connectivity index (χ3n) is 3.22. The first-order valence-electron chi connectivity index (χ1n) is 5.74. The summed E-state index contributed by atoms with van der Waals surface area (Å²) in [6.07, 6.45) is 0. The SMILES string of the molecule is Cc1ccc2c(c1)CS(=O)c1cc(C)ccc1-2. The summed E-state index contributed by atoms with van der Waals surface area (Å²) >= 11 is 0. The minimum absolute atomic E-state index is 0.646. The summed E-state index contributed by atoms with van der Waals surface area (Å²) in [6, 6.07) is 12.6. The molecule has 0 aliphatic carbocycles. The molecule has 0 bridgehead atoms. The maximum atomic E-state index is 12.2. The maximum absolute atomic E-state index is 12.2. The Morgan fingerprint density at radius 3 is 2.35 bits per heavy atom. The fraction of sp³-hybridized carbons (Fsp3) is 0.200. The quantitative estimate of drug-likeness (QED) is 0.690. The Morgan fingerprint density at radius 1 is 0.941 bits per heavy atom. The van der Waals surface area contributed by atoms with Gasteiger partial charge in [0.2, 0.25) is 0 Å². The zero-order valence-electron chi connectivity index (χ0n) is 9.99. The van der Waals surface area contributed by atoms with E-state index in [1.807, 2.05) is 13.0 Å². The van der Waals surface area contributed by atoms with Gasteiger partial charge in [0, 0.05) is 4.90 Å². The molecule has 86 valence electrons. The monoisotopic (exact) mass is 242 g/mol. The molecule has 1 aliphatic rings. The molecule has 0 fully saturated rings. The van der Waals surface area contributed by atoms with Gasteiger partial charge in [-0.05, 0) is 42.2 Å². The van der Waals surface area contributed by atoms with Crippen LogP contribution in [-0.4, -0.2) is 4.21 Å². The van der Waals surface area contributed by atoms with Gasteiger partial charge in [0.15, 0.2) is 0 Å². The van der Waals surface area contributed by atoms with Crippen LogP contribution in [0.5, 0.6) is 0 Å². The second kappa shape index (κ2) is 3.81. The minimum atomic E-state index is -0.895. The summed E-state index contributed by atoms with van der Waals surface area (Å²) in [6.45, 7) is 4.12. The van der Waals surface area contributed by atoms with E-state index in [0.717, 1.165) is 10.5 Å². The largest absolute Gasteiger partial charge is 0.254 e. The molecular formula is C15H14OS. The van der Waals surface area contributed by atoms with E-state index in [0.29, 0.717) is 5.75 Å². The van der Waals surface area contributed by atoms with E-state index in [4.69, 9.17) is 0 Å². The molecule has 1 nitrogen and oxygen atoms in total. The van der Waals surface area contributed by atoms with Crippen molar-refractivity contribution in [3.8, 4) is 11.1 Å². The lowest BCUT2D eigenvalue weighted by molar-refractivity contribution is 0.682. The molecule has 1 aliphatic heterocycles. The van der Waals surface area contributed by atoms with Crippen LogP contribution >= 0.6 is 0 Å². The van der Waals surface area contributed by atoms with E-state index >= 15 is 0 Å². The molecule has 0 saturated heterocycles. The van der Waals surface area contributed by atoms with Gasteiger partial charge in [-0.1, -0.05) is 35.9 Å². The van der Waals surface area contributed by atoms with Crippen molar-refractivity contribution in [3.63, 3.8) is 0 Å². The van der Waals surface area contributed by atoms with Crippen molar-refractivity contribution >= 4 is 10.8 Å². The zero-order chi connectivity index (χ0) is 12.0. The van der Waals surface area contributed by atoms with Crippen LogP contribution in [0.1, 0.15) is 16.7 Å². The van der Waals surface area contributed by atoms with Gasteiger partial charge >= 0.3 is 0 Å². The van der Waals surface area contributed by atoms with Crippen molar-refractivity contribution in [1.29, 1.82) is 0 Å². The number of hydrogen-bond acceptors (Lipinski definition) is 1. The van der Waals surface area contributed by atoms with Gasteiger partial charge in [0.25, 0.3) is 0 Å². The molecule has 0 radical (unpaired) electrons. The van der Waals surface area contributed by atoms with Crippen molar-refractivity contribution in [3.05, 3.63) is 53.1 Å². The fourth-order valence-electron chi connectivity index (χ4n) is 2.36. The number of hydrogen-bond donors (Lipinski definition) is 0. The summed E-state index contributed by atoms with van der Waals surface area (Å²) in [5.74, 6) is 0.646. The molecule has 1 atom stereocenters. The molecule has 0 aromatic heterocycles. The van der Waals surface area contributed by atoms with E-state index in [2.05, 4.69) is 37.3 Å². The predicted octanol–water partition coefficient (Wildman–Crippen LogP) is 3.59. The van der Waals surface area contributed by atoms with Crippen LogP contribution in [0.15, 0.2) is 41.3 Å². The Kier molecular flexibility index (Phi) is 2.40. The van der Waals surface area contributed by atoms with Crippen molar-refractivity contribution < 1.29 is 4.21 Å². The lowest BCUT2D eigenvalue weighted by Crippen LogP contribution is -2.07. The number of rotatable bonds is 0. The molecule has 1 unspecified atom stereocenters. The van der Waals surface area contributed by atoms with Crippen LogP contribution in [0.2, 0.25) is 0 Å². The predicted molar refractivity (Wildman–Crippen MR) is 71.5 cm³/mol. The standard InChI is InChI=1S/C15H14OS/c1-10-3-5-13-12(7-10)9-17(16)15-8-11(2)4-6-14(13)15/h3-8H,9H2,1-2H3. The molecule has 0 saturated carbocycles. The lowest BCUT2D eigenvalue weighted by Gasteiger charge is -2.20. The second-order valence-electron chi connectivity index (χ2n) is 4.65. The fourth-order valence-corrected chi connectivity index (χ4v) is 3.78. The molecule has 17 heavy (non-hydrogen) atoms. The van der Waals surface area contributed by atoms with Crippen molar-refractivity contribution in [2.75, 3.05) is 0 Å². The van der Waals surface area contributed by atoms with E-state index in [1.54, 1.807) is 0 Å². The highest BCUT2D eigenvalue weighted by Crippen LogP contribution is 2.36. The summed E-state index contributed by atoms with van der Waals surface area (Å²) in [7, 11) is -0.895. The summed E-state index contributed by atoms with van der Waals surface area (Å²) in [5.41, 5.74) is 5.99. The molecular weight excluding hydrogens is 228 g/mol. The Morgan fingerprint density at radius 2 is 1.59 bits per heavy atom. The molecule has 2 heteroatoms. The van der Waals surface area contributed by atoms with Gasteiger partial charge in [0.05, 0.1) is 16.6 Å². The lowest BCUT2D eigenvalue weighted by atomic mass is 9.97. The Labute approximate surface area is 104 Å². The highest BCUT2D eigenvalue weighted by molar-refractivity contribution is 7.84. The molecule has 2 aromatic carbocycles. The van der Waals surface area contributed by atoms with E-state index in [1.165, 1.54) is 22.3 Å². The van der Waals surface area contributed by atoms with Gasteiger partial charge in [0.1, 0.15) is 0 Å². The molecule has 3 rings (SSSR count). The zero-order valence-corrected chi connectivity index (χ0v) is 10.8. The number of fused-ring (bicyclic) bond motifs is 3. The van der Waals surface area contributed by atoms with E-state index < -0.39 is 10.8 Å². The van der Waals surface area contributed by atoms with Crippen LogP contribution in [0.25, 0.3) is 11.1 Å².